The summed E-state index contributed by atoms with van der Waals surface area (Å²) in [5.74, 6) is -0.191. The second kappa shape index (κ2) is 6.12. The fraction of sp³-hybridized carbons (Fsp3) is 0.571. The van der Waals surface area contributed by atoms with E-state index in [1.807, 2.05) is 6.07 Å². The summed E-state index contributed by atoms with van der Waals surface area (Å²) in [5, 5.41) is 0. The molecule has 0 saturated carbocycles. The maximum absolute atomic E-state index is 13.0. The molecule has 1 aliphatic heterocycles. The fourth-order valence-corrected chi connectivity index (χ4v) is 2.38. The second-order valence-electron chi connectivity index (χ2n) is 4.82. The molecule has 1 saturated heterocycles. The lowest BCUT2D eigenvalue weighted by Crippen LogP contribution is -2.31. The molecule has 1 aromatic rings. The standard InChI is InChI=1S/C14H20FNO/c15-12-5-3-4-11(8-12)9-13(16)10-14-6-1-2-7-17-14/h3-5,8,13-14H,1-2,6-7,9-10,16H2. The molecule has 0 radical (unpaired) electrons. The second-order valence-corrected chi connectivity index (χ2v) is 4.82. The van der Waals surface area contributed by atoms with Gasteiger partial charge in [-0.05, 0) is 49.8 Å². The predicted molar refractivity (Wildman–Crippen MR) is 66.3 cm³/mol. The summed E-state index contributed by atoms with van der Waals surface area (Å²) in [4.78, 5) is 0. The Labute approximate surface area is 102 Å². The fourth-order valence-electron chi connectivity index (χ4n) is 2.38. The van der Waals surface area contributed by atoms with Crippen molar-refractivity contribution < 1.29 is 9.13 Å². The average molecular weight is 237 g/mol. The third-order valence-corrected chi connectivity index (χ3v) is 3.23. The first-order valence-electron chi connectivity index (χ1n) is 6.35. The molecule has 2 N–H and O–H groups in total. The molecule has 0 aliphatic carbocycles. The number of nitrogens with two attached hydrogens (primary N) is 1. The van der Waals surface area contributed by atoms with Crippen LogP contribution >= 0.6 is 0 Å². The van der Waals surface area contributed by atoms with Crippen LogP contribution in [-0.2, 0) is 11.2 Å². The van der Waals surface area contributed by atoms with E-state index < -0.39 is 0 Å². The molecule has 0 aromatic heterocycles. The van der Waals surface area contributed by atoms with Crippen LogP contribution in [0.5, 0.6) is 0 Å². The van der Waals surface area contributed by atoms with Gasteiger partial charge >= 0.3 is 0 Å². The van der Waals surface area contributed by atoms with Crippen LogP contribution in [0, 0.1) is 5.82 Å². The van der Waals surface area contributed by atoms with E-state index in [1.165, 1.54) is 12.5 Å². The van der Waals surface area contributed by atoms with Gasteiger partial charge in [-0.2, -0.15) is 0 Å². The van der Waals surface area contributed by atoms with Crippen molar-refractivity contribution in [1.29, 1.82) is 0 Å². The molecule has 1 heterocycles. The van der Waals surface area contributed by atoms with Gasteiger partial charge < -0.3 is 10.5 Å². The maximum atomic E-state index is 13.0. The number of hydrogen-bond acceptors (Lipinski definition) is 2. The highest BCUT2D eigenvalue weighted by molar-refractivity contribution is 5.17. The molecule has 1 aromatic carbocycles. The van der Waals surface area contributed by atoms with Crippen LogP contribution in [0.25, 0.3) is 0 Å². The van der Waals surface area contributed by atoms with Crippen LogP contribution in [0.1, 0.15) is 31.2 Å². The average Bonchev–Trinajstić information content (AvgIpc) is 2.30. The molecule has 3 heteroatoms. The Kier molecular flexibility index (Phi) is 4.51. The largest absolute Gasteiger partial charge is 0.378 e. The lowest BCUT2D eigenvalue weighted by atomic mass is 9.97. The van der Waals surface area contributed by atoms with Gasteiger partial charge in [-0.3, -0.25) is 0 Å². The van der Waals surface area contributed by atoms with Crippen molar-refractivity contribution in [3.8, 4) is 0 Å². The number of benzene rings is 1. The number of hydrogen-bond donors (Lipinski definition) is 1. The van der Waals surface area contributed by atoms with E-state index in [0.717, 1.165) is 37.9 Å². The van der Waals surface area contributed by atoms with Crippen LogP contribution in [0.2, 0.25) is 0 Å². The van der Waals surface area contributed by atoms with E-state index in [0.29, 0.717) is 6.10 Å². The van der Waals surface area contributed by atoms with Gasteiger partial charge in [0.25, 0.3) is 0 Å². The van der Waals surface area contributed by atoms with Crippen LogP contribution < -0.4 is 5.73 Å². The third-order valence-electron chi connectivity index (χ3n) is 3.23. The minimum absolute atomic E-state index is 0.0555. The van der Waals surface area contributed by atoms with Gasteiger partial charge in [-0.25, -0.2) is 4.39 Å². The number of halogens is 1. The molecule has 2 unspecified atom stereocenters. The van der Waals surface area contributed by atoms with Crippen molar-refractivity contribution >= 4 is 0 Å². The van der Waals surface area contributed by atoms with Gasteiger partial charge in [0.15, 0.2) is 0 Å². The topological polar surface area (TPSA) is 35.2 Å². The van der Waals surface area contributed by atoms with E-state index in [-0.39, 0.29) is 11.9 Å². The highest BCUT2D eigenvalue weighted by Gasteiger charge is 2.17. The lowest BCUT2D eigenvalue weighted by molar-refractivity contribution is 0.00747. The van der Waals surface area contributed by atoms with Crippen LogP contribution in [-0.4, -0.2) is 18.8 Å². The molecule has 2 rings (SSSR count). The van der Waals surface area contributed by atoms with Crippen LogP contribution in [0.4, 0.5) is 4.39 Å². The minimum atomic E-state index is -0.191. The zero-order valence-corrected chi connectivity index (χ0v) is 10.1. The van der Waals surface area contributed by atoms with Gasteiger partial charge in [0.2, 0.25) is 0 Å². The van der Waals surface area contributed by atoms with E-state index in [2.05, 4.69) is 0 Å². The van der Waals surface area contributed by atoms with Crippen LogP contribution in [0.3, 0.4) is 0 Å². The molecule has 0 spiro atoms. The molecule has 2 nitrogen and oxygen atoms in total. The van der Waals surface area contributed by atoms with Gasteiger partial charge in [-0.15, -0.1) is 0 Å². The van der Waals surface area contributed by atoms with Gasteiger partial charge in [0.05, 0.1) is 6.10 Å². The van der Waals surface area contributed by atoms with Crippen molar-refractivity contribution in [2.45, 2.75) is 44.2 Å². The first kappa shape index (κ1) is 12.5. The Hall–Kier alpha value is -0.930. The van der Waals surface area contributed by atoms with Crippen molar-refractivity contribution in [3.05, 3.63) is 35.6 Å². The molecule has 2 atom stereocenters. The van der Waals surface area contributed by atoms with E-state index >= 15 is 0 Å². The van der Waals surface area contributed by atoms with Crippen molar-refractivity contribution in [2.24, 2.45) is 5.73 Å². The van der Waals surface area contributed by atoms with E-state index in [9.17, 15) is 4.39 Å². The summed E-state index contributed by atoms with van der Waals surface area (Å²) in [6.07, 6.45) is 5.39. The summed E-state index contributed by atoms with van der Waals surface area (Å²) in [5.41, 5.74) is 7.05. The monoisotopic (exact) mass is 237 g/mol. The smallest absolute Gasteiger partial charge is 0.123 e. The molecule has 0 amide bonds. The summed E-state index contributed by atoms with van der Waals surface area (Å²) in [6, 6.07) is 6.72. The Morgan fingerprint density at radius 1 is 1.41 bits per heavy atom. The summed E-state index contributed by atoms with van der Waals surface area (Å²) >= 11 is 0. The van der Waals surface area contributed by atoms with Crippen LogP contribution in [0.15, 0.2) is 24.3 Å². The molecule has 1 fully saturated rings. The molecule has 1 aliphatic rings. The van der Waals surface area contributed by atoms with E-state index in [1.54, 1.807) is 12.1 Å². The van der Waals surface area contributed by atoms with Crippen molar-refractivity contribution in [3.63, 3.8) is 0 Å². The quantitative estimate of drug-likeness (QED) is 0.873. The zero-order chi connectivity index (χ0) is 12.1. The first-order chi connectivity index (χ1) is 8.24. The highest BCUT2D eigenvalue weighted by Crippen LogP contribution is 2.18. The van der Waals surface area contributed by atoms with Gasteiger partial charge in [0.1, 0.15) is 5.82 Å². The van der Waals surface area contributed by atoms with Crippen molar-refractivity contribution in [1.82, 2.24) is 0 Å². The minimum Gasteiger partial charge on any atom is -0.378 e. The molecular formula is C14H20FNO. The summed E-state index contributed by atoms with van der Waals surface area (Å²) in [6.45, 7) is 0.858. The SMILES string of the molecule is NC(Cc1cccc(F)c1)CC1CCCCO1. The summed E-state index contributed by atoms with van der Waals surface area (Å²) < 4.78 is 18.7. The Morgan fingerprint density at radius 2 is 2.29 bits per heavy atom. The van der Waals surface area contributed by atoms with Gasteiger partial charge in [0, 0.05) is 12.6 Å². The number of rotatable bonds is 4. The highest BCUT2D eigenvalue weighted by atomic mass is 19.1. The normalized spacial score (nSPS) is 22.4. The predicted octanol–water partition coefficient (Wildman–Crippen LogP) is 2.65. The molecule has 0 bridgehead atoms. The molecule has 17 heavy (non-hydrogen) atoms. The van der Waals surface area contributed by atoms with Crippen molar-refractivity contribution in [2.75, 3.05) is 6.61 Å². The third kappa shape index (κ3) is 4.10. The first-order valence-corrected chi connectivity index (χ1v) is 6.35. The maximum Gasteiger partial charge on any atom is 0.123 e. The summed E-state index contributed by atoms with van der Waals surface area (Å²) in [7, 11) is 0. The zero-order valence-electron chi connectivity index (χ0n) is 10.1. The van der Waals surface area contributed by atoms with Gasteiger partial charge in [-0.1, -0.05) is 12.1 Å². The van der Waals surface area contributed by atoms with E-state index in [4.69, 9.17) is 10.5 Å². The Bertz CT molecular complexity index is 350. The Morgan fingerprint density at radius 3 is 3.00 bits per heavy atom. The number of ether oxygens (including phenoxy) is 1. The Balaban J connectivity index is 1.82. The molecular weight excluding hydrogens is 217 g/mol. The molecule has 94 valence electrons. The lowest BCUT2D eigenvalue weighted by Gasteiger charge is -2.25.